The number of nitrogens with zero attached hydrogens (tertiary/aromatic N) is 2. The van der Waals surface area contributed by atoms with E-state index in [4.69, 9.17) is 0 Å². The van der Waals surface area contributed by atoms with Crippen LogP contribution in [-0.4, -0.2) is 54.7 Å². The van der Waals surface area contributed by atoms with E-state index in [1.165, 1.54) is 11.1 Å². The first-order valence-electron chi connectivity index (χ1n) is 9.58. The number of guanidine groups is 1. The number of nitrogens with one attached hydrogen (secondary N) is 2. The highest BCUT2D eigenvalue weighted by Gasteiger charge is 2.25. The van der Waals surface area contributed by atoms with Crippen molar-refractivity contribution in [3.63, 3.8) is 0 Å². The van der Waals surface area contributed by atoms with Gasteiger partial charge in [0.15, 0.2) is 5.96 Å². The van der Waals surface area contributed by atoms with Crippen LogP contribution in [0.3, 0.4) is 0 Å². The van der Waals surface area contributed by atoms with Crippen molar-refractivity contribution in [3.05, 3.63) is 35.4 Å². The second-order valence-electron chi connectivity index (χ2n) is 6.62. The Balaban J connectivity index is 0.00000364. The number of likely N-dealkylation sites (tertiary alicyclic amines) is 1. The molecule has 5 nitrogen and oxygen atoms in total. The molecule has 2 N–H and O–H groups in total. The summed E-state index contributed by atoms with van der Waals surface area (Å²) in [5, 5.41) is 6.78. The van der Waals surface area contributed by atoms with Gasteiger partial charge >= 0.3 is 0 Å². The molecule has 1 aromatic rings. The van der Waals surface area contributed by atoms with E-state index in [2.05, 4.69) is 53.7 Å². The van der Waals surface area contributed by atoms with Crippen LogP contribution in [0.15, 0.2) is 29.3 Å². The standard InChI is InChI=1S/C20H32N4OS.HI/c1-4-19(25)24-12-10-18(14-24)23-20(21-5-2)22-11-13-26-15-17-8-6-16(3)7-9-17;/h6-9,18H,4-5,10-15H2,1-3H3,(H2,21,22,23);1H. The van der Waals surface area contributed by atoms with Gasteiger partial charge in [0.2, 0.25) is 5.91 Å². The first kappa shape index (κ1) is 24.1. The molecule has 27 heavy (non-hydrogen) atoms. The number of halogens is 1. The Labute approximate surface area is 185 Å². The van der Waals surface area contributed by atoms with Crippen molar-refractivity contribution in [2.75, 3.05) is 31.9 Å². The van der Waals surface area contributed by atoms with Crippen LogP contribution in [0.2, 0.25) is 0 Å². The molecular weight excluding hydrogens is 471 g/mol. The Bertz CT molecular complexity index is 594. The summed E-state index contributed by atoms with van der Waals surface area (Å²) >= 11 is 1.91. The van der Waals surface area contributed by atoms with Crippen molar-refractivity contribution in [1.29, 1.82) is 0 Å². The molecule has 1 atom stereocenters. The third-order valence-corrected chi connectivity index (χ3v) is 5.43. The van der Waals surface area contributed by atoms with E-state index in [1.807, 2.05) is 23.6 Å². The van der Waals surface area contributed by atoms with Crippen LogP contribution in [0.1, 0.15) is 37.8 Å². The van der Waals surface area contributed by atoms with Gasteiger partial charge < -0.3 is 15.5 Å². The second-order valence-corrected chi connectivity index (χ2v) is 7.73. The Morgan fingerprint density at radius 1 is 1.30 bits per heavy atom. The van der Waals surface area contributed by atoms with Crippen LogP contribution in [0.25, 0.3) is 0 Å². The normalized spacial score (nSPS) is 16.8. The Morgan fingerprint density at radius 3 is 2.70 bits per heavy atom. The van der Waals surface area contributed by atoms with Gasteiger partial charge in [0.05, 0.1) is 6.54 Å². The van der Waals surface area contributed by atoms with Crippen molar-refractivity contribution in [1.82, 2.24) is 15.5 Å². The highest BCUT2D eigenvalue weighted by atomic mass is 127. The summed E-state index contributed by atoms with van der Waals surface area (Å²) in [5.74, 6) is 3.12. The number of carbonyl (C=O) groups is 1. The number of carbonyl (C=O) groups excluding carboxylic acids is 1. The lowest BCUT2D eigenvalue weighted by Gasteiger charge is -2.18. The first-order valence-corrected chi connectivity index (χ1v) is 10.7. The monoisotopic (exact) mass is 504 g/mol. The van der Waals surface area contributed by atoms with Gasteiger partial charge in [-0.15, -0.1) is 24.0 Å². The molecule has 1 unspecified atom stereocenters. The van der Waals surface area contributed by atoms with E-state index in [9.17, 15) is 4.79 Å². The Kier molecular flexibility index (Phi) is 11.8. The highest BCUT2D eigenvalue weighted by molar-refractivity contribution is 14.0. The summed E-state index contributed by atoms with van der Waals surface area (Å²) in [6.07, 6.45) is 1.57. The number of hydrogen-bond acceptors (Lipinski definition) is 3. The maximum absolute atomic E-state index is 11.8. The predicted molar refractivity (Wildman–Crippen MR) is 127 cm³/mol. The summed E-state index contributed by atoms with van der Waals surface area (Å²) < 4.78 is 0. The minimum atomic E-state index is 0. The molecule has 0 saturated carbocycles. The van der Waals surface area contributed by atoms with Gasteiger partial charge in [-0.05, 0) is 25.8 Å². The summed E-state index contributed by atoms with van der Waals surface area (Å²) in [7, 11) is 0. The summed E-state index contributed by atoms with van der Waals surface area (Å²) in [5.41, 5.74) is 2.66. The van der Waals surface area contributed by atoms with Crippen molar-refractivity contribution in [2.45, 2.75) is 45.4 Å². The van der Waals surface area contributed by atoms with E-state index >= 15 is 0 Å². The van der Waals surface area contributed by atoms with Gasteiger partial charge in [-0.3, -0.25) is 9.79 Å². The number of hydrogen-bond donors (Lipinski definition) is 2. The third kappa shape index (κ3) is 8.72. The summed E-state index contributed by atoms with van der Waals surface area (Å²) in [6.45, 7) is 9.36. The molecule has 1 aliphatic heterocycles. The molecule has 0 spiro atoms. The molecule has 7 heteroatoms. The molecule has 1 aromatic carbocycles. The maximum Gasteiger partial charge on any atom is 0.222 e. The quantitative estimate of drug-likeness (QED) is 0.247. The van der Waals surface area contributed by atoms with Crippen molar-refractivity contribution in [2.24, 2.45) is 4.99 Å². The maximum atomic E-state index is 11.8. The fraction of sp³-hybridized carbons (Fsp3) is 0.600. The molecule has 0 aromatic heterocycles. The number of benzene rings is 1. The van der Waals surface area contributed by atoms with E-state index in [0.717, 1.165) is 50.1 Å². The molecule has 1 saturated heterocycles. The van der Waals surface area contributed by atoms with Gasteiger partial charge in [0.25, 0.3) is 0 Å². The highest BCUT2D eigenvalue weighted by Crippen LogP contribution is 2.13. The zero-order valence-corrected chi connectivity index (χ0v) is 19.8. The second kappa shape index (κ2) is 13.3. The number of amides is 1. The number of thioether (sulfide) groups is 1. The SMILES string of the molecule is CCNC(=NCCSCc1ccc(C)cc1)NC1CCN(C(=O)CC)C1.I. The zero-order valence-electron chi connectivity index (χ0n) is 16.7. The van der Waals surface area contributed by atoms with E-state index in [0.29, 0.717) is 12.5 Å². The van der Waals surface area contributed by atoms with E-state index < -0.39 is 0 Å². The molecular formula is C20H33IN4OS. The lowest BCUT2D eigenvalue weighted by Crippen LogP contribution is -2.45. The van der Waals surface area contributed by atoms with Crippen LogP contribution in [0.5, 0.6) is 0 Å². The van der Waals surface area contributed by atoms with E-state index in [1.54, 1.807) is 0 Å². The van der Waals surface area contributed by atoms with Gasteiger partial charge in [-0.25, -0.2) is 0 Å². The van der Waals surface area contributed by atoms with Gasteiger partial charge in [0.1, 0.15) is 0 Å². The van der Waals surface area contributed by atoms with Crippen LogP contribution < -0.4 is 10.6 Å². The molecule has 1 fully saturated rings. The third-order valence-electron chi connectivity index (χ3n) is 4.42. The fourth-order valence-electron chi connectivity index (χ4n) is 2.94. The van der Waals surface area contributed by atoms with E-state index in [-0.39, 0.29) is 29.9 Å². The summed E-state index contributed by atoms with van der Waals surface area (Å²) in [6, 6.07) is 9.01. The minimum Gasteiger partial charge on any atom is -0.357 e. The molecule has 0 aliphatic carbocycles. The first-order chi connectivity index (χ1) is 12.6. The largest absolute Gasteiger partial charge is 0.357 e. The van der Waals surface area contributed by atoms with Crippen molar-refractivity contribution >= 4 is 47.6 Å². The van der Waals surface area contributed by atoms with Gasteiger partial charge in [0, 0.05) is 43.6 Å². The van der Waals surface area contributed by atoms with Crippen molar-refractivity contribution < 1.29 is 4.79 Å². The lowest BCUT2D eigenvalue weighted by molar-refractivity contribution is -0.129. The molecule has 1 aliphatic rings. The number of rotatable bonds is 8. The molecule has 0 bridgehead atoms. The van der Waals surface area contributed by atoms with Gasteiger partial charge in [-0.1, -0.05) is 36.8 Å². The van der Waals surface area contributed by atoms with Crippen LogP contribution in [0, 0.1) is 6.92 Å². The number of aryl methyl sites for hydroxylation is 1. The predicted octanol–water partition coefficient (Wildman–Crippen LogP) is 3.41. The van der Waals surface area contributed by atoms with Crippen LogP contribution >= 0.6 is 35.7 Å². The zero-order chi connectivity index (χ0) is 18.8. The smallest absolute Gasteiger partial charge is 0.222 e. The Hall–Kier alpha value is -0.960. The topological polar surface area (TPSA) is 56.7 Å². The average molecular weight is 504 g/mol. The minimum absolute atomic E-state index is 0. The van der Waals surface area contributed by atoms with Gasteiger partial charge in [-0.2, -0.15) is 11.8 Å². The average Bonchev–Trinajstić information content (AvgIpc) is 3.11. The molecule has 2 rings (SSSR count). The van der Waals surface area contributed by atoms with Crippen LogP contribution in [-0.2, 0) is 10.5 Å². The fourth-order valence-corrected chi connectivity index (χ4v) is 3.73. The number of aliphatic imine (C=N–C) groups is 1. The molecule has 152 valence electrons. The molecule has 1 heterocycles. The Morgan fingerprint density at radius 2 is 2.04 bits per heavy atom. The molecule has 0 radical (unpaired) electrons. The van der Waals surface area contributed by atoms with Crippen molar-refractivity contribution in [3.8, 4) is 0 Å². The van der Waals surface area contributed by atoms with Crippen LogP contribution in [0.4, 0.5) is 0 Å². The molecule has 1 amide bonds. The lowest BCUT2D eigenvalue weighted by atomic mass is 10.2. The summed E-state index contributed by atoms with van der Waals surface area (Å²) in [4.78, 5) is 18.4.